The average Bonchev–Trinajstić information content (AvgIpc) is 2.64. The van der Waals surface area contributed by atoms with Gasteiger partial charge in [0, 0.05) is 42.2 Å². The zero-order chi connectivity index (χ0) is 18.4. The number of aryl methyl sites for hydroxylation is 1. The molecule has 0 fully saturated rings. The summed E-state index contributed by atoms with van der Waals surface area (Å²) >= 11 is 1.70. The number of aromatic nitrogens is 5. The van der Waals surface area contributed by atoms with Crippen LogP contribution >= 0.6 is 11.8 Å². The third kappa shape index (κ3) is 4.66. The van der Waals surface area contributed by atoms with Gasteiger partial charge < -0.3 is 4.74 Å². The Kier molecular flexibility index (Phi) is 5.96. The van der Waals surface area contributed by atoms with Gasteiger partial charge in [0.25, 0.3) is 5.56 Å². The van der Waals surface area contributed by atoms with Gasteiger partial charge in [-0.25, -0.2) is 14.6 Å². The summed E-state index contributed by atoms with van der Waals surface area (Å²) in [6.07, 6.45) is 8.81. The summed E-state index contributed by atoms with van der Waals surface area (Å²) in [5.74, 6) is 0.880. The number of nitrogens with zero attached hydrogens (tertiary/aromatic N) is 5. The highest BCUT2D eigenvalue weighted by Crippen LogP contribution is 2.15. The van der Waals surface area contributed by atoms with Crippen molar-refractivity contribution in [1.29, 1.82) is 0 Å². The highest BCUT2D eigenvalue weighted by Gasteiger charge is 2.07. The fourth-order valence-electron chi connectivity index (χ4n) is 2.33. The molecule has 0 radical (unpaired) electrons. The molecule has 0 atom stereocenters. The van der Waals surface area contributed by atoms with Gasteiger partial charge in [0.15, 0.2) is 0 Å². The molecule has 26 heavy (non-hydrogen) atoms. The summed E-state index contributed by atoms with van der Waals surface area (Å²) in [6.45, 7) is 2.88. The minimum Gasteiger partial charge on any atom is -0.463 e. The van der Waals surface area contributed by atoms with Gasteiger partial charge in [0.2, 0.25) is 0 Å². The Hall–Kier alpha value is -2.74. The van der Waals surface area contributed by atoms with E-state index in [2.05, 4.69) is 20.1 Å². The van der Waals surface area contributed by atoms with Crippen molar-refractivity contribution in [3.63, 3.8) is 0 Å². The fourth-order valence-corrected chi connectivity index (χ4v) is 2.58. The molecule has 0 spiro atoms. The quantitative estimate of drug-likeness (QED) is 0.590. The van der Waals surface area contributed by atoms with Crippen LogP contribution < -0.4 is 10.3 Å². The Labute approximate surface area is 155 Å². The molecule has 3 rings (SSSR count). The van der Waals surface area contributed by atoms with Gasteiger partial charge in [-0.15, -0.1) is 0 Å². The van der Waals surface area contributed by atoms with Crippen molar-refractivity contribution < 1.29 is 4.74 Å². The molecule has 0 aromatic carbocycles. The van der Waals surface area contributed by atoms with Gasteiger partial charge in [-0.3, -0.25) is 9.78 Å². The van der Waals surface area contributed by atoms with Gasteiger partial charge in [0.1, 0.15) is 6.61 Å². The topological polar surface area (TPSA) is 82.8 Å². The van der Waals surface area contributed by atoms with Crippen LogP contribution in [0, 0.1) is 6.92 Å². The van der Waals surface area contributed by atoms with E-state index in [4.69, 9.17) is 4.74 Å². The molecule has 0 saturated carbocycles. The van der Waals surface area contributed by atoms with E-state index in [1.165, 1.54) is 10.7 Å². The normalized spacial score (nSPS) is 10.7. The van der Waals surface area contributed by atoms with E-state index in [0.29, 0.717) is 24.9 Å². The lowest BCUT2D eigenvalue weighted by molar-refractivity contribution is 0.316. The maximum atomic E-state index is 12.1. The maximum absolute atomic E-state index is 12.1. The van der Waals surface area contributed by atoms with Gasteiger partial charge in [-0.2, -0.15) is 16.9 Å². The zero-order valence-electron chi connectivity index (χ0n) is 14.6. The van der Waals surface area contributed by atoms with Crippen molar-refractivity contribution in [1.82, 2.24) is 24.7 Å². The predicted molar refractivity (Wildman–Crippen MR) is 101 cm³/mol. The molecule has 3 aromatic rings. The SMILES string of the molecule is CSCCOc1ncc(-c2ccc(=O)n(Cc3cncc(C)c3)n2)cn1. The van der Waals surface area contributed by atoms with Crippen molar-refractivity contribution in [3.8, 4) is 17.3 Å². The monoisotopic (exact) mass is 369 g/mol. The highest BCUT2D eigenvalue weighted by molar-refractivity contribution is 7.98. The number of thioether (sulfide) groups is 1. The smallest absolute Gasteiger partial charge is 0.316 e. The van der Waals surface area contributed by atoms with E-state index in [9.17, 15) is 4.79 Å². The molecule has 134 valence electrons. The Balaban J connectivity index is 1.79. The molecule has 0 aliphatic heterocycles. The average molecular weight is 369 g/mol. The van der Waals surface area contributed by atoms with Crippen molar-refractivity contribution in [2.75, 3.05) is 18.6 Å². The summed E-state index contributed by atoms with van der Waals surface area (Å²) in [5.41, 5.74) is 3.13. The molecule has 8 heteroatoms. The summed E-state index contributed by atoms with van der Waals surface area (Å²) in [4.78, 5) is 24.7. The minimum atomic E-state index is -0.173. The van der Waals surface area contributed by atoms with Crippen LogP contribution in [0.2, 0.25) is 0 Å². The first-order chi connectivity index (χ1) is 12.7. The maximum Gasteiger partial charge on any atom is 0.316 e. The molecule has 0 bridgehead atoms. The van der Waals surface area contributed by atoms with Gasteiger partial charge in [0.05, 0.1) is 12.2 Å². The lowest BCUT2D eigenvalue weighted by Crippen LogP contribution is -2.23. The van der Waals surface area contributed by atoms with E-state index in [1.54, 1.807) is 42.6 Å². The standard InChI is InChI=1S/C18H19N5O2S/c1-13-7-14(9-19-8-13)12-23-17(24)4-3-16(22-23)15-10-20-18(21-11-15)25-5-6-26-2/h3-4,7-11H,5-6,12H2,1-2H3. The van der Waals surface area contributed by atoms with Crippen LogP contribution in [-0.4, -0.2) is 43.3 Å². The first-order valence-electron chi connectivity index (χ1n) is 8.08. The Morgan fingerprint density at radius 2 is 1.96 bits per heavy atom. The third-order valence-corrected chi connectivity index (χ3v) is 4.15. The van der Waals surface area contributed by atoms with Crippen LogP contribution in [0.1, 0.15) is 11.1 Å². The molecule has 0 aliphatic carbocycles. The summed E-state index contributed by atoms with van der Waals surface area (Å²) < 4.78 is 6.86. The van der Waals surface area contributed by atoms with Crippen LogP contribution in [0.25, 0.3) is 11.3 Å². The molecule has 0 unspecified atom stereocenters. The van der Waals surface area contributed by atoms with Crippen molar-refractivity contribution in [3.05, 3.63) is 64.5 Å². The van der Waals surface area contributed by atoms with E-state index < -0.39 is 0 Å². The van der Waals surface area contributed by atoms with Crippen LogP contribution in [-0.2, 0) is 6.54 Å². The molecule has 0 amide bonds. The van der Waals surface area contributed by atoms with Gasteiger partial charge in [-0.1, -0.05) is 6.07 Å². The van der Waals surface area contributed by atoms with Crippen LogP contribution in [0.3, 0.4) is 0 Å². The van der Waals surface area contributed by atoms with Crippen LogP contribution in [0.4, 0.5) is 0 Å². The predicted octanol–water partition coefficient (Wildman–Crippen LogP) is 2.19. The van der Waals surface area contributed by atoms with Gasteiger partial charge in [-0.05, 0) is 30.4 Å². The Bertz CT molecular complexity index is 927. The van der Waals surface area contributed by atoms with E-state index in [-0.39, 0.29) is 5.56 Å². The first-order valence-corrected chi connectivity index (χ1v) is 9.48. The van der Waals surface area contributed by atoms with Crippen LogP contribution in [0.15, 0.2) is 47.8 Å². The van der Waals surface area contributed by atoms with Crippen molar-refractivity contribution in [2.24, 2.45) is 0 Å². The summed E-state index contributed by atoms with van der Waals surface area (Å²) in [7, 11) is 0. The third-order valence-electron chi connectivity index (χ3n) is 3.57. The molecule has 3 heterocycles. The number of hydrogen-bond acceptors (Lipinski definition) is 7. The molecule has 0 saturated heterocycles. The summed E-state index contributed by atoms with van der Waals surface area (Å²) in [6, 6.07) is 5.48. The number of hydrogen-bond donors (Lipinski definition) is 0. The molecular weight excluding hydrogens is 350 g/mol. The van der Waals surface area contributed by atoms with Crippen LogP contribution in [0.5, 0.6) is 6.01 Å². The Morgan fingerprint density at radius 3 is 2.69 bits per heavy atom. The number of rotatable bonds is 7. The first kappa shape index (κ1) is 18.1. The minimum absolute atomic E-state index is 0.173. The second-order valence-electron chi connectivity index (χ2n) is 5.68. The molecular formula is C18H19N5O2S. The van der Waals surface area contributed by atoms with E-state index in [0.717, 1.165) is 22.4 Å². The summed E-state index contributed by atoms with van der Waals surface area (Å²) in [5, 5.41) is 4.42. The molecule has 0 aliphatic rings. The van der Waals surface area contributed by atoms with Crippen molar-refractivity contribution >= 4 is 11.8 Å². The molecule has 0 N–H and O–H groups in total. The number of pyridine rings is 1. The van der Waals surface area contributed by atoms with E-state index in [1.807, 2.05) is 19.2 Å². The second-order valence-corrected chi connectivity index (χ2v) is 6.67. The lowest BCUT2D eigenvalue weighted by Gasteiger charge is -2.08. The lowest BCUT2D eigenvalue weighted by atomic mass is 10.2. The largest absolute Gasteiger partial charge is 0.463 e. The zero-order valence-corrected chi connectivity index (χ0v) is 15.4. The fraction of sp³-hybridized carbons (Fsp3) is 0.278. The number of ether oxygens (including phenoxy) is 1. The molecule has 7 nitrogen and oxygen atoms in total. The van der Waals surface area contributed by atoms with E-state index >= 15 is 0 Å². The Morgan fingerprint density at radius 1 is 1.15 bits per heavy atom. The molecule has 3 aromatic heterocycles. The van der Waals surface area contributed by atoms with Crippen molar-refractivity contribution in [2.45, 2.75) is 13.5 Å². The highest BCUT2D eigenvalue weighted by atomic mass is 32.2. The van der Waals surface area contributed by atoms with Gasteiger partial charge >= 0.3 is 6.01 Å². The second kappa shape index (κ2) is 8.57.